The molecule has 0 aliphatic rings. The molecule has 0 bridgehead atoms. The van der Waals surface area contributed by atoms with Gasteiger partial charge in [0.2, 0.25) is 15.9 Å². The van der Waals surface area contributed by atoms with Gasteiger partial charge in [-0.1, -0.05) is 23.8 Å². The van der Waals surface area contributed by atoms with E-state index >= 15 is 0 Å². The third-order valence-electron chi connectivity index (χ3n) is 4.07. The molecular formula is C19H25N3O3S. The maximum absolute atomic E-state index is 12.7. The van der Waals surface area contributed by atoms with Crippen LogP contribution in [0.15, 0.2) is 41.4 Å². The number of sulfonamides is 1. The first-order valence-electron chi connectivity index (χ1n) is 8.43. The zero-order valence-electron chi connectivity index (χ0n) is 15.6. The largest absolute Gasteiger partial charge is 0.336 e. The van der Waals surface area contributed by atoms with Gasteiger partial charge >= 0.3 is 0 Å². The van der Waals surface area contributed by atoms with Crippen LogP contribution in [0.1, 0.15) is 29.3 Å². The minimum atomic E-state index is -3.64. The van der Waals surface area contributed by atoms with Crippen molar-refractivity contribution in [1.82, 2.24) is 14.6 Å². The van der Waals surface area contributed by atoms with Crippen LogP contribution >= 0.6 is 0 Å². The summed E-state index contributed by atoms with van der Waals surface area (Å²) in [5, 5.41) is 0. The fraction of sp³-hybridized carbons (Fsp3) is 0.368. The van der Waals surface area contributed by atoms with E-state index in [1.165, 1.54) is 6.92 Å². The summed E-state index contributed by atoms with van der Waals surface area (Å²) in [5.74, 6) is -0.127. The smallest absolute Gasteiger partial charge is 0.241 e. The van der Waals surface area contributed by atoms with Crippen LogP contribution in [-0.4, -0.2) is 37.3 Å². The van der Waals surface area contributed by atoms with Gasteiger partial charge in [-0.3, -0.25) is 9.78 Å². The van der Waals surface area contributed by atoms with Crippen LogP contribution in [-0.2, 0) is 21.4 Å². The van der Waals surface area contributed by atoms with Gasteiger partial charge in [0.25, 0.3) is 0 Å². The van der Waals surface area contributed by atoms with Crippen molar-refractivity contribution < 1.29 is 13.2 Å². The minimum Gasteiger partial charge on any atom is -0.336 e. The second-order valence-corrected chi connectivity index (χ2v) is 8.09. The number of amides is 1. The van der Waals surface area contributed by atoms with E-state index in [1.807, 2.05) is 37.3 Å². The number of pyridine rings is 1. The van der Waals surface area contributed by atoms with E-state index in [2.05, 4.69) is 9.71 Å². The summed E-state index contributed by atoms with van der Waals surface area (Å²) in [7, 11) is -3.64. The summed E-state index contributed by atoms with van der Waals surface area (Å²) in [4.78, 5) is 17.9. The summed E-state index contributed by atoms with van der Waals surface area (Å²) in [6.07, 6.45) is 1.67. The molecule has 1 aromatic carbocycles. The molecule has 1 N–H and O–H groups in total. The molecule has 0 fully saturated rings. The quantitative estimate of drug-likeness (QED) is 0.805. The number of nitrogens with one attached hydrogen (secondary N) is 1. The molecule has 2 rings (SSSR count). The predicted octanol–water partition coefficient (Wildman–Crippen LogP) is 2.33. The third kappa shape index (κ3) is 5.12. The molecular weight excluding hydrogens is 350 g/mol. The molecule has 0 spiro atoms. The summed E-state index contributed by atoms with van der Waals surface area (Å²) in [6, 6.07) is 9.20. The molecule has 1 heterocycles. The number of hydrogen-bond acceptors (Lipinski definition) is 4. The van der Waals surface area contributed by atoms with Gasteiger partial charge in [0, 0.05) is 26.2 Å². The average molecular weight is 375 g/mol. The van der Waals surface area contributed by atoms with Gasteiger partial charge in [-0.2, -0.15) is 0 Å². The summed E-state index contributed by atoms with van der Waals surface area (Å²) < 4.78 is 27.9. The van der Waals surface area contributed by atoms with E-state index in [0.29, 0.717) is 22.6 Å². The second kappa shape index (κ2) is 8.42. The lowest BCUT2D eigenvalue weighted by atomic mass is 10.1. The van der Waals surface area contributed by atoms with E-state index in [-0.39, 0.29) is 19.0 Å². The Hall–Kier alpha value is -2.25. The number of nitrogens with zero attached hydrogens (tertiary/aromatic N) is 2. The van der Waals surface area contributed by atoms with Gasteiger partial charge in [0.05, 0.1) is 17.1 Å². The Balaban J connectivity index is 2.06. The Morgan fingerprint density at radius 3 is 2.35 bits per heavy atom. The van der Waals surface area contributed by atoms with Crippen molar-refractivity contribution in [3.05, 3.63) is 58.9 Å². The van der Waals surface area contributed by atoms with E-state index < -0.39 is 10.0 Å². The zero-order chi connectivity index (χ0) is 19.3. The molecule has 7 heteroatoms. The van der Waals surface area contributed by atoms with Gasteiger partial charge in [0.1, 0.15) is 0 Å². The normalized spacial score (nSPS) is 11.4. The fourth-order valence-corrected chi connectivity index (χ4v) is 4.48. The van der Waals surface area contributed by atoms with Gasteiger partial charge in [-0.15, -0.1) is 0 Å². The molecule has 0 atom stereocenters. The Bertz CT molecular complexity index is 857. The molecule has 0 radical (unpaired) electrons. The number of aryl methyl sites for hydroxylation is 3. The number of benzene rings is 1. The first-order valence-corrected chi connectivity index (χ1v) is 9.92. The van der Waals surface area contributed by atoms with Crippen molar-refractivity contribution in [2.75, 3.05) is 13.1 Å². The maximum atomic E-state index is 12.7. The van der Waals surface area contributed by atoms with Crippen LogP contribution in [0.25, 0.3) is 0 Å². The first-order chi connectivity index (χ1) is 12.2. The van der Waals surface area contributed by atoms with Crippen LogP contribution in [0.2, 0.25) is 0 Å². The lowest BCUT2D eigenvalue weighted by molar-refractivity contribution is -0.129. The molecule has 26 heavy (non-hydrogen) atoms. The van der Waals surface area contributed by atoms with E-state index in [9.17, 15) is 13.2 Å². The number of rotatable bonds is 7. The lowest BCUT2D eigenvalue weighted by Crippen LogP contribution is -2.37. The second-order valence-electron chi connectivity index (χ2n) is 6.39. The molecule has 1 amide bonds. The highest BCUT2D eigenvalue weighted by Crippen LogP contribution is 2.21. The summed E-state index contributed by atoms with van der Waals surface area (Å²) in [6.45, 7) is 7.74. The number of carbonyl (C=O) groups is 1. The lowest BCUT2D eigenvalue weighted by Gasteiger charge is -2.21. The van der Waals surface area contributed by atoms with Crippen LogP contribution < -0.4 is 4.72 Å². The monoisotopic (exact) mass is 375 g/mol. The highest BCUT2D eigenvalue weighted by atomic mass is 32.2. The van der Waals surface area contributed by atoms with Crippen molar-refractivity contribution in [2.24, 2.45) is 0 Å². The molecule has 6 nitrogen and oxygen atoms in total. The van der Waals surface area contributed by atoms with Crippen molar-refractivity contribution in [3.63, 3.8) is 0 Å². The topological polar surface area (TPSA) is 79.4 Å². The molecule has 0 saturated heterocycles. The number of hydrogen-bond donors (Lipinski definition) is 1. The Morgan fingerprint density at radius 2 is 1.81 bits per heavy atom. The Kier molecular flexibility index (Phi) is 6.50. The molecule has 0 saturated carbocycles. The predicted molar refractivity (Wildman–Crippen MR) is 101 cm³/mol. The van der Waals surface area contributed by atoms with Gasteiger partial charge < -0.3 is 4.90 Å². The van der Waals surface area contributed by atoms with Gasteiger partial charge in [-0.25, -0.2) is 13.1 Å². The van der Waals surface area contributed by atoms with E-state index in [0.717, 1.165) is 11.3 Å². The van der Waals surface area contributed by atoms with Crippen molar-refractivity contribution >= 4 is 15.9 Å². The van der Waals surface area contributed by atoms with Crippen LogP contribution in [0.3, 0.4) is 0 Å². The van der Waals surface area contributed by atoms with Gasteiger partial charge in [-0.05, 0) is 44.0 Å². The molecule has 2 aromatic rings. The number of aromatic nitrogens is 1. The summed E-state index contributed by atoms with van der Waals surface area (Å²) >= 11 is 0. The zero-order valence-corrected chi connectivity index (χ0v) is 16.4. The van der Waals surface area contributed by atoms with E-state index in [4.69, 9.17) is 0 Å². The molecule has 0 aliphatic heterocycles. The molecule has 140 valence electrons. The van der Waals surface area contributed by atoms with Crippen LogP contribution in [0, 0.1) is 20.8 Å². The number of carbonyl (C=O) groups excluding carboxylic acids is 1. The maximum Gasteiger partial charge on any atom is 0.241 e. The first kappa shape index (κ1) is 20.1. The van der Waals surface area contributed by atoms with Crippen molar-refractivity contribution in [2.45, 2.75) is 39.1 Å². The molecule has 1 aromatic heterocycles. The van der Waals surface area contributed by atoms with Crippen molar-refractivity contribution in [3.8, 4) is 0 Å². The standard InChI is InChI=1S/C19H25N3O3S/c1-14-11-15(2)19(16(3)12-14)26(24,25)21-9-10-22(17(4)23)13-18-7-5-6-8-20-18/h5-8,11-12,21H,9-10,13H2,1-4H3. The fourth-order valence-electron chi connectivity index (χ4n) is 3.01. The minimum absolute atomic E-state index is 0.127. The van der Waals surface area contributed by atoms with E-state index in [1.54, 1.807) is 24.9 Å². The van der Waals surface area contributed by atoms with Gasteiger partial charge in [0.15, 0.2) is 0 Å². The third-order valence-corrected chi connectivity index (χ3v) is 5.84. The highest BCUT2D eigenvalue weighted by molar-refractivity contribution is 7.89. The Morgan fingerprint density at radius 1 is 1.15 bits per heavy atom. The van der Waals surface area contributed by atoms with Crippen LogP contribution in [0.4, 0.5) is 0 Å². The van der Waals surface area contributed by atoms with Crippen LogP contribution in [0.5, 0.6) is 0 Å². The molecule has 0 unspecified atom stereocenters. The average Bonchev–Trinajstić information content (AvgIpc) is 2.53. The summed E-state index contributed by atoms with van der Waals surface area (Å²) in [5.41, 5.74) is 3.21. The van der Waals surface area contributed by atoms with Crippen molar-refractivity contribution in [1.29, 1.82) is 0 Å². The molecule has 0 aliphatic carbocycles. The Labute approximate surface area is 155 Å². The SMILES string of the molecule is CC(=O)N(CCNS(=O)(=O)c1c(C)cc(C)cc1C)Cc1ccccn1. The highest BCUT2D eigenvalue weighted by Gasteiger charge is 2.20.